The zero-order valence-electron chi connectivity index (χ0n) is 10.6. The SMILES string of the molecule is C=C1CCCC1C(=O)N(C)C(=O)c1ccccc1. The van der Waals surface area contributed by atoms with E-state index in [1.165, 1.54) is 4.90 Å². The zero-order valence-corrected chi connectivity index (χ0v) is 10.6. The van der Waals surface area contributed by atoms with Crippen LogP contribution in [0.25, 0.3) is 0 Å². The lowest BCUT2D eigenvalue weighted by molar-refractivity contribution is -0.130. The Labute approximate surface area is 107 Å². The molecular formula is C15H17NO2. The average molecular weight is 243 g/mol. The summed E-state index contributed by atoms with van der Waals surface area (Å²) in [5.41, 5.74) is 1.49. The van der Waals surface area contributed by atoms with Crippen molar-refractivity contribution >= 4 is 11.8 Å². The van der Waals surface area contributed by atoms with Crippen molar-refractivity contribution < 1.29 is 9.59 Å². The minimum absolute atomic E-state index is 0.133. The molecule has 0 bridgehead atoms. The number of hydrogen-bond donors (Lipinski definition) is 0. The molecule has 3 heteroatoms. The Bertz CT molecular complexity index is 479. The molecule has 2 rings (SSSR count). The first-order valence-corrected chi connectivity index (χ1v) is 6.16. The van der Waals surface area contributed by atoms with Gasteiger partial charge in [-0.05, 0) is 31.4 Å². The average Bonchev–Trinajstić information content (AvgIpc) is 2.83. The van der Waals surface area contributed by atoms with E-state index in [0.29, 0.717) is 5.56 Å². The van der Waals surface area contributed by atoms with Gasteiger partial charge in [0.1, 0.15) is 0 Å². The highest BCUT2D eigenvalue weighted by molar-refractivity contribution is 6.05. The highest BCUT2D eigenvalue weighted by Crippen LogP contribution is 2.31. The first-order valence-electron chi connectivity index (χ1n) is 6.16. The molecule has 1 aliphatic rings. The summed E-state index contributed by atoms with van der Waals surface area (Å²) in [5, 5.41) is 0. The van der Waals surface area contributed by atoms with Crippen LogP contribution in [0.4, 0.5) is 0 Å². The quantitative estimate of drug-likeness (QED) is 0.591. The number of hydrogen-bond acceptors (Lipinski definition) is 2. The van der Waals surface area contributed by atoms with Crippen molar-refractivity contribution in [3.05, 3.63) is 48.0 Å². The topological polar surface area (TPSA) is 37.4 Å². The number of amides is 2. The predicted molar refractivity (Wildman–Crippen MR) is 70.0 cm³/mol. The molecule has 1 fully saturated rings. The standard InChI is InChI=1S/C15H17NO2/c1-11-7-6-10-13(11)15(18)16(2)14(17)12-8-4-3-5-9-12/h3-5,8-9,13H,1,6-7,10H2,2H3. The molecule has 1 aliphatic carbocycles. The van der Waals surface area contributed by atoms with Gasteiger partial charge in [-0.25, -0.2) is 0 Å². The fraction of sp³-hybridized carbons (Fsp3) is 0.333. The Hall–Kier alpha value is -1.90. The van der Waals surface area contributed by atoms with Gasteiger partial charge < -0.3 is 0 Å². The van der Waals surface area contributed by atoms with E-state index >= 15 is 0 Å². The summed E-state index contributed by atoms with van der Waals surface area (Å²) >= 11 is 0. The first-order chi connectivity index (χ1) is 8.61. The third-order valence-corrected chi connectivity index (χ3v) is 3.44. The lowest BCUT2D eigenvalue weighted by atomic mass is 10.0. The van der Waals surface area contributed by atoms with E-state index in [2.05, 4.69) is 6.58 Å². The summed E-state index contributed by atoms with van der Waals surface area (Å²) in [7, 11) is 1.54. The molecule has 0 N–H and O–H groups in total. The molecule has 0 spiro atoms. The van der Waals surface area contributed by atoms with Crippen LogP contribution < -0.4 is 0 Å². The Kier molecular flexibility index (Phi) is 3.60. The monoisotopic (exact) mass is 243 g/mol. The highest BCUT2D eigenvalue weighted by Gasteiger charge is 2.31. The summed E-state index contributed by atoms with van der Waals surface area (Å²) in [6.45, 7) is 3.91. The van der Waals surface area contributed by atoms with E-state index in [1.807, 2.05) is 6.07 Å². The fourth-order valence-electron chi connectivity index (χ4n) is 2.32. The van der Waals surface area contributed by atoms with Gasteiger partial charge in [-0.1, -0.05) is 30.4 Å². The summed E-state index contributed by atoms with van der Waals surface area (Å²) in [4.78, 5) is 25.6. The molecule has 1 saturated carbocycles. The van der Waals surface area contributed by atoms with Crippen molar-refractivity contribution in [3.8, 4) is 0 Å². The van der Waals surface area contributed by atoms with Crippen molar-refractivity contribution in [3.63, 3.8) is 0 Å². The van der Waals surface area contributed by atoms with Crippen LogP contribution in [0.1, 0.15) is 29.6 Å². The number of carbonyl (C=O) groups excluding carboxylic acids is 2. The van der Waals surface area contributed by atoms with Gasteiger partial charge in [-0.2, -0.15) is 0 Å². The van der Waals surface area contributed by atoms with Gasteiger partial charge in [0.15, 0.2) is 0 Å². The van der Waals surface area contributed by atoms with Gasteiger partial charge in [0.2, 0.25) is 5.91 Å². The number of nitrogens with zero attached hydrogens (tertiary/aromatic N) is 1. The molecule has 1 aromatic rings. The van der Waals surface area contributed by atoms with Crippen LogP contribution in [0.3, 0.4) is 0 Å². The summed E-state index contributed by atoms with van der Waals surface area (Å²) in [5.74, 6) is -0.561. The van der Waals surface area contributed by atoms with Crippen LogP contribution in [0.15, 0.2) is 42.5 Å². The lowest BCUT2D eigenvalue weighted by Gasteiger charge is -2.20. The third-order valence-electron chi connectivity index (χ3n) is 3.44. The third kappa shape index (κ3) is 2.35. The molecule has 0 radical (unpaired) electrons. The second-order valence-corrected chi connectivity index (χ2v) is 4.67. The minimum Gasteiger partial charge on any atom is -0.281 e. The number of carbonyl (C=O) groups is 2. The van der Waals surface area contributed by atoms with Crippen LogP contribution in [-0.2, 0) is 4.79 Å². The van der Waals surface area contributed by atoms with Gasteiger partial charge >= 0.3 is 0 Å². The van der Waals surface area contributed by atoms with Crippen LogP contribution in [0, 0.1) is 5.92 Å². The molecular weight excluding hydrogens is 226 g/mol. The molecule has 0 aromatic heterocycles. The van der Waals surface area contributed by atoms with Crippen LogP contribution >= 0.6 is 0 Å². The van der Waals surface area contributed by atoms with Gasteiger partial charge in [0.25, 0.3) is 5.91 Å². The fourth-order valence-corrected chi connectivity index (χ4v) is 2.32. The van der Waals surface area contributed by atoms with E-state index < -0.39 is 0 Å². The molecule has 0 heterocycles. The summed E-state index contributed by atoms with van der Waals surface area (Å²) in [6.07, 6.45) is 2.69. The van der Waals surface area contributed by atoms with E-state index in [9.17, 15) is 9.59 Å². The van der Waals surface area contributed by atoms with Crippen LogP contribution in [0.5, 0.6) is 0 Å². The van der Waals surface area contributed by atoms with Crippen LogP contribution in [0.2, 0.25) is 0 Å². The van der Waals surface area contributed by atoms with Crippen molar-refractivity contribution in [2.45, 2.75) is 19.3 Å². The van der Waals surface area contributed by atoms with Gasteiger partial charge in [0.05, 0.1) is 5.92 Å². The molecule has 3 nitrogen and oxygen atoms in total. The van der Waals surface area contributed by atoms with Crippen molar-refractivity contribution in [1.82, 2.24) is 4.90 Å². The van der Waals surface area contributed by atoms with Crippen LogP contribution in [-0.4, -0.2) is 23.8 Å². The predicted octanol–water partition coefficient (Wildman–Crippen LogP) is 2.64. The molecule has 18 heavy (non-hydrogen) atoms. The van der Waals surface area contributed by atoms with Crippen molar-refractivity contribution in [2.75, 3.05) is 7.05 Å². The molecule has 1 aromatic carbocycles. The normalized spacial score (nSPS) is 18.7. The number of imide groups is 1. The summed E-state index contributed by atoms with van der Waals surface area (Å²) < 4.78 is 0. The molecule has 94 valence electrons. The van der Waals surface area contributed by atoms with Gasteiger partial charge in [-0.3, -0.25) is 14.5 Å². The number of benzene rings is 1. The van der Waals surface area contributed by atoms with E-state index in [4.69, 9.17) is 0 Å². The number of rotatable bonds is 2. The van der Waals surface area contributed by atoms with Crippen molar-refractivity contribution in [1.29, 1.82) is 0 Å². The molecule has 0 aliphatic heterocycles. The lowest BCUT2D eigenvalue weighted by Crippen LogP contribution is -2.37. The second kappa shape index (κ2) is 5.17. The smallest absolute Gasteiger partial charge is 0.260 e. The van der Waals surface area contributed by atoms with E-state index in [-0.39, 0.29) is 17.7 Å². The minimum atomic E-state index is -0.250. The Morgan fingerprint density at radius 2 is 1.94 bits per heavy atom. The molecule has 2 amide bonds. The Morgan fingerprint density at radius 3 is 2.50 bits per heavy atom. The van der Waals surface area contributed by atoms with Gasteiger partial charge in [-0.15, -0.1) is 0 Å². The maximum Gasteiger partial charge on any atom is 0.260 e. The van der Waals surface area contributed by atoms with E-state index in [0.717, 1.165) is 24.8 Å². The maximum absolute atomic E-state index is 12.2. The largest absolute Gasteiger partial charge is 0.281 e. The zero-order chi connectivity index (χ0) is 13.1. The Morgan fingerprint density at radius 1 is 1.28 bits per heavy atom. The Balaban J connectivity index is 2.12. The molecule has 1 unspecified atom stereocenters. The highest BCUT2D eigenvalue weighted by atomic mass is 16.2. The maximum atomic E-state index is 12.2. The molecule has 0 saturated heterocycles. The summed E-state index contributed by atoms with van der Waals surface area (Å²) in [6, 6.07) is 8.86. The molecule has 1 atom stereocenters. The second-order valence-electron chi connectivity index (χ2n) is 4.67. The van der Waals surface area contributed by atoms with Crippen molar-refractivity contribution in [2.24, 2.45) is 5.92 Å². The first kappa shape index (κ1) is 12.6. The van der Waals surface area contributed by atoms with E-state index in [1.54, 1.807) is 31.3 Å². The van der Waals surface area contributed by atoms with Gasteiger partial charge in [0, 0.05) is 12.6 Å².